The average Bonchev–Trinajstić information content (AvgIpc) is 2.91. The summed E-state index contributed by atoms with van der Waals surface area (Å²) in [5, 5.41) is 4.42. The second-order valence-corrected chi connectivity index (χ2v) is 6.82. The van der Waals surface area contributed by atoms with Gasteiger partial charge in [-0.15, -0.1) is 0 Å². The van der Waals surface area contributed by atoms with Crippen molar-refractivity contribution in [3.63, 3.8) is 0 Å². The van der Waals surface area contributed by atoms with Crippen LogP contribution in [0.5, 0.6) is 0 Å². The number of benzene rings is 1. The molecule has 130 valence electrons. The number of hydrogen-bond acceptors (Lipinski definition) is 3. The van der Waals surface area contributed by atoms with Gasteiger partial charge in [0.1, 0.15) is 0 Å². The monoisotopic (exact) mass is 349 g/mol. The van der Waals surface area contributed by atoms with Crippen molar-refractivity contribution in [2.24, 2.45) is 0 Å². The second kappa shape index (κ2) is 8.33. The normalized spacial score (nSPS) is 10.9. The van der Waals surface area contributed by atoms with Gasteiger partial charge in [0.05, 0.1) is 6.20 Å². The van der Waals surface area contributed by atoms with Crippen LogP contribution in [-0.4, -0.2) is 33.8 Å². The van der Waals surface area contributed by atoms with Gasteiger partial charge in [0.2, 0.25) is 0 Å². The van der Waals surface area contributed by atoms with Crippen molar-refractivity contribution in [3.05, 3.63) is 41.3 Å². The average molecular weight is 349 g/mol. The summed E-state index contributed by atoms with van der Waals surface area (Å²) in [6, 6.07) is 5.67. The summed E-state index contributed by atoms with van der Waals surface area (Å²) < 4.78 is 15.4. The summed E-state index contributed by atoms with van der Waals surface area (Å²) in [4.78, 5) is 15.2. The van der Waals surface area contributed by atoms with E-state index in [-0.39, 0.29) is 11.1 Å². The number of nitrogens with zero attached hydrogens (tertiary/aromatic N) is 3. The van der Waals surface area contributed by atoms with Crippen molar-refractivity contribution < 1.29 is 9.18 Å². The molecule has 0 spiro atoms. The Morgan fingerprint density at radius 1 is 1.21 bits per heavy atom. The summed E-state index contributed by atoms with van der Waals surface area (Å²) in [5.41, 5.74) is 2.14. The van der Waals surface area contributed by atoms with Crippen molar-refractivity contribution in [2.45, 2.75) is 50.5 Å². The molecule has 0 unspecified atom stereocenters. The first-order valence-corrected chi connectivity index (χ1v) is 9.08. The molecule has 6 heteroatoms. The molecular weight excluding hydrogens is 325 g/mol. The highest BCUT2D eigenvalue weighted by molar-refractivity contribution is 7.99. The zero-order chi connectivity index (χ0) is 17.7. The summed E-state index contributed by atoms with van der Waals surface area (Å²) in [7, 11) is 0. The Hall–Kier alpha value is -1.82. The molecule has 2 aromatic rings. The zero-order valence-corrected chi connectivity index (χ0v) is 15.5. The van der Waals surface area contributed by atoms with Gasteiger partial charge in [0.25, 0.3) is 0 Å². The molecule has 0 radical (unpaired) electrons. The van der Waals surface area contributed by atoms with Crippen LogP contribution in [0, 0.1) is 19.7 Å². The van der Waals surface area contributed by atoms with Gasteiger partial charge in [-0.05, 0) is 37.8 Å². The van der Waals surface area contributed by atoms with Crippen LogP contribution in [0.25, 0.3) is 0 Å². The van der Waals surface area contributed by atoms with E-state index >= 15 is 0 Å². The molecule has 0 fully saturated rings. The molecule has 4 nitrogen and oxygen atoms in total. The third kappa shape index (κ3) is 4.17. The molecule has 0 atom stereocenters. The number of rotatable bonds is 6. The smallest absolute Gasteiger partial charge is 0.323 e. The minimum atomic E-state index is -0.469. The van der Waals surface area contributed by atoms with Crippen LogP contribution in [0.15, 0.2) is 34.3 Å². The largest absolute Gasteiger partial charge is 0.344 e. The Morgan fingerprint density at radius 3 is 2.33 bits per heavy atom. The predicted octanol–water partition coefficient (Wildman–Crippen LogP) is 4.88. The van der Waals surface area contributed by atoms with Crippen molar-refractivity contribution >= 4 is 17.8 Å². The maximum Gasteiger partial charge on any atom is 0.344 e. The number of halogens is 1. The molecule has 1 aromatic carbocycles. The van der Waals surface area contributed by atoms with Gasteiger partial charge in [-0.3, -0.25) is 0 Å². The quantitative estimate of drug-likeness (QED) is 0.746. The molecule has 0 aliphatic heterocycles. The number of amides is 1. The van der Waals surface area contributed by atoms with Crippen LogP contribution < -0.4 is 0 Å². The van der Waals surface area contributed by atoms with E-state index in [1.54, 1.807) is 4.90 Å². The van der Waals surface area contributed by atoms with Crippen LogP contribution in [-0.2, 0) is 0 Å². The highest BCUT2D eigenvalue weighted by atomic mass is 32.2. The first kappa shape index (κ1) is 18.5. The van der Waals surface area contributed by atoms with E-state index in [2.05, 4.69) is 5.10 Å². The van der Waals surface area contributed by atoms with E-state index in [4.69, 9.17) is 0 Å². The lowest BCUT2D eigenvalue weighted by Crippen LogP contribution is -2.36. The third-order valence-corrected chi connectivity index (χ3v) is 5.02. The summed E-state index contributed by atoms with van der Waals surface area (Å²) in [6.45, 7) is 9.30. The molecule has 1 amide bonds. The third-order valence-electron chi connectivity index (χ3n) is 3.70. The molecule has 0 aliphatic rings. The van der Waals surface area contributed by atoms with Crippen molar-refractivity contribution in [1.82, 2.24) is 14.7 Å². The molecule has 1 heterocycles. The fourth-order valence-electron chi connectivity index (χ4n) is 2.55. The van der Waals surface area contributed by atoms with E-state index < -0.39 is 5.82 Å². The Kier molecular flexibility index (Phi) is 6.43. The van der Waals surface area contributed by atoms with Gasteiger partial charge in [-0.2, -0.15) is 9.78 Å². The number of aryl methyl sites for hydroxylation is 2. The number of carbonyl (C=O) groups excluding carboxylic acids is 1. The lowest BCUT2D eigenvalue weighted by molar-refractivity contribution is 0.196. The van der Waals surface area contributed by atoms with E-state index in [1.165, 1.54) is 18.0 Å². The molecule has 24 heavy (non-hydrogen) atoms. The summed E-state index contributed by atoms with van der Waals surface area (Å²) >= 11 is 1.27. The minimum absolute atomic E-state index is 0.230. The van der Waals surface area contributed by atoms with E-state index in [9.17, 15) is 9.18 Å². The molecule has 2 rings (SSSR count). The van der Waals surface area contributed by atoms with Crippen LogP contribution >= 0.6 is 11.8 Å². The van der Waals surface area contributed by atoms with E-state index in [1.807, 2.05) is 45.9 Å². The first-order chi connectivity index (χ1) is 11.5. The predicted molar refractivity (Wildman–Crippen MR) is 95.2 cm³/mol. The molecule has 0 saturated heterocycles. The maximum atomic E-state index is 14.3. The maximum absolute atomic E-state index is 14.3. The molecule has 0 bridgehead atoms. The van der Waals surface area contributed by atoms with Crippen LogP contribution in [0.4, 0.5) is 9.18 Å². The van der Waals surface area contributed by atoms with Gasteiger partial charge in [-0.1, -0.05) is 43.8 Å². The minimum Gasteiger partial charge on any atom is -0.323 e. The highest BCUT2D eigenvalue weighted by Gasteiger charge is 2.19. The molecule has 0 saturated carbocycles. The Balaban J connectivity index is 2.25. The second-order valence-electron chi connectivity index (χ2n) is 5.82. The van der Waals surface area contributed by atoms with Crippen LogP contribution in [0.3, 0.4) is 0 Å². The van der Waals surface area contributed by atoms with Crippen LogP contribution in [0.2, 0.25) is 0 Å². The highest BCUT2D eigenvalue weighted by Crippen LogP contribution is 2.33. The Labute approximate surface area is 147 Å². The lowest BCUT2D eigenvalue weighted by atomic mass is 10.2. The fraction of sp³-hybridized carbons (Fsp3) is 0.444. The standard InChI is InChI=1S/C18H24FN3OS/c1-5-10-21(11-6-2)18(23)22-12-15(19)17(20-22)24-16-13(3)8-7-9-14(16)4/h7-9,12H,5-6,10-11H2,1-4H3. The first-order valence-electron chi connectivity index (χ1n) is 8.26. The Bertz CT molecular complexity index is 688. The zero-order valence-electron chi connectivity index (χ0n) is 14.7. The molecular formula is C18H24FN3OS. The van der Waals surface area contributed by atoms with Crippen LogP contribution in [0.1, 0.15) is 37.8 Å². The van der Waals surface area contributed by atoms with Gasteiger partial charge >= 0.3 is 6.03 Å². The van der Waals surface area contributed by atoms with Crippen molar-refractivity contribution in [3.8, 4) is 0 Å². The molecule has 0 N–H and O–H groups in total. The number of hydrogen-bond donors (Lipinski definition) is 0. The lowest BCUT2D eigenvalue weighted by Gasteiger charge is -2.20. The summed E-state index contributed by atoms with van der Waals surface area (Å²) in [5.74, 6) is -0.469. The van der Waals surface area contributed by atoms with E-state index in [0.29, 0.717) is 13.1 Å². The molecule has 0 aliphatic carbocycles. The van der Waals surface area contributed by atoms with Gasteiger partial charge in [-0.25, -0.2) is 9.18 Å². The number of aromatic nitrogens is 2. The number of carbonyl (C=O) groups is 1. The van der Waals surface area contributed by atoms with Gasteiger partial charge < -0.3 is 4.90 Å². The van der Waals surface area contributed by atoms with Crippen molar-refractivity contribution in [2.75, 3.05) is 13.1 Å². The van der Waals surface area contributed by atoms with Gasteiger partial charge in [0, 0.05) is 18.0 Å². The van der Waals surface area contributed by atoms with Crippen molar-refractivity contribution in [1.29, 1.82) is 0 Å². The fourth-order valence-corrected chi connectivity index (χ4v) is 3.48. The topological polar surface area (TPSA) is 38.1 Å². The Morgan fingerprint density at radius 2 is 1.79 bits per heavy atom. The SMILES string of the molecule is CCCN(CCC)C(=O)n1cc(F)c(Sc2c(C)cccc2C)n1. The molecule has 1 aromatic heterocycles. The summed E-state index contributed by atoms with van der Waals surface area (Å²) in [6.07, 6.45) is 2.90. The van der Waals surface area contributed by atoms with Gasteiger partial charge in [0.15, 0.2) is 10.8 Å². The van der Waals surface area contributed by atoms with E-state index in [0.717, 1.165) is 33.5 Å².